The fraction of sp³-hybridized carbons (Fsp3) is 0.182. The van der Waals surface area contributed by atoms with E-state index in [9.17, 15) is 0 Å². The molecule has 0 aliphatic rings. The molecule has 0 bridgehead atoms. The predicted octanol–water partition coefficient (Wildman–Crippen LogP) is 2.68. The second kappa shape index (κ2) is 3.90. The molecular formula is C11H12N2OS. The average molecular weight is 220 g/mol. The summed E-state index contributed by atoms with van der Waals surface area (Å²) in [7, 11) is 0. The largest absolute Gasteiger partial charge is 0.508 e. The molecule has 0 aliphatic heterocycles. The molecule has 3 N–H and O–H groups in total. The van der Waals surface area contributed by atoms with E-state index in [4.69, 9.17) is 17.3 Å². The van der Waals surface area contributed by atoms with Crippen LogP contribution in [0.25, 0.3) is 0 Å². The van der Waals surface area contributed by atoms with E-state index in [1.807, 2.05) is 19.1 Å². The number of hydrogen-bond acceptors (Lipinski definition) is 2. The molecular weight excluding hydrogens is 208 g/mol. The molecule has 1 aromatic heterocycles. The van der Waals surface area contributed by atoms with Crippen molar-refractivity contribution < 1.29 is 5.11 Å². The monoisotopic (exact) mass is 220 g/mol. The van der Waals surface area contributed by atoms with E-state index in [0.29, 0.717) is 4.77 Å². The fourth-order valence-electron chi connectivity index (χ4n) is 1.50. The number of aromatic nitrogens is 2. The molecule has 1 aromatic carbocycles. The van der Waals surface area contributed by atoms with E-state index in [0.717, 1.165) is 23.4 Å². The number of phenolic OH excluding ortho intramolecular Hbond substituents is 1. The Balaban J connectivity index is 2.25. The van der Waals surface area contributed by atoms with Gasteiger partial charge in [0.15, 0.2) is 4.77 Å². The van der Waals surface area contributed by atoms with Crippen LogP contribution >= 0.6 is 12.2 Å². The molecule has 0 unspecified atom stereocenters. The maximum Gasteiger partial charge on any atom is 0.174 e. The Morgan fingerprint density at radius 3 is 2.40 bits per heavy atom. The summed E-state index contributed by atoms with van der Waals surface area (Å²) < 4.78 is 0.654. The number of benzene rings is 1. The zero-order valence-corrected chi connectivity index (χ0v) is 9.19. The van der Waals surface area contributed by atoms with Crippen molar-refractivity contribution in [2.75, 3.05) is 0 Å². The molecule has 0 amide bonds. The summed E-state index contributed by atoms with van der Waals surface area (Å²) in [4.78, 5) is 6.15. The smallest absolute Gasteiger partial charge is 0.174 e. The second-order valence-corrected chi connectivity index (χ2v) is 3.93. The lowest BCUT2D eigenvalue weighted by Gasteiger charge is -2.00. The molecule has 0 atom stereocenters. The summed E-state index contributed by atoms with van der Waals surface area (Å²) >= 11 is 5.01. The Morgan fingerprint density at radius 2 is 1.87 bits per heavy atom. The summed E-state index contributed by atoms with van der Waals surface area (Å²) in [6.07, 6.45) is 0.791. The Kier molecular flexibility index (Phi) is 2.60. The highest BCUT2D eigenvalue weighted by Gasteiger charge is 2.02. The lowest BCUT2D eigenvalue weighted by Crippen LogP contribution is -1.90. The number of aryl methyl sites for hydroxylation is 1. The molecule has 3 nitrogen and oxygen atoms in total. The number of rotatable bonds is 2. The molecule has 0 aliphatic carbocycles. The highest BCUT2D eigenvalue weighted by Crippen LogP contribution is 2.14. The van der Waals surface area contributed by atoms with E-state index in [2.05, 4.69) is 9.97 Å². The van der Waals surface area contributed by atoms with Crippen molar-refractivity contribution in [3.8, 4) is 5.75 Å². The maximum atomic E-state index is 9.15. The molecule has 2 aromatic rings. The van der Waals surface area contributed by atoms with Crippen molar-refractivity contribution in [1.82, 2.24) is 9.97 Å². The van der Waals surface area contributed by atoms with Crippen LogP contribution in [0.5, 0.6) is 5.75 Å². The van der Waals surface area contributed by atoms with Gasteiger partial charge in [-0.1, -0.05) is 12.1 Å². The molecule has 0 saturated heterocycles. The van der Waals surface area contributed by atoms with Gasteiger partial charge >= 0.3 is 0 Å². The van der Waals surface area contributed by atoms with Crippen LogP contribution in [0, 0.1) is 11.7 Å². The number of imidazole rings is 1. The van der Waals surface area contributed by atoms with Crippen LogP contribution in [0.3, 0.4) is 0 Å². The Bertz CT molecular complexity index is 510. The molecule has 0 spiro atoms. The third kappa shape index (κ3) is 2.27. The first kappa shape index (κ1) is 9.98. The topological polar surface area (TPSA) is 51.8 Å². The van der Waals surface area contributed by atoms with E-state index < -0.39 is 0 Å². The summed E-state index contributed by atoms with van der Waals surface area (Å²) in [6.45, 7) is 1.99. The summed E-state index contributed by atoms with van der Waals surface area (Å²) in [6, 6.07) is 7.18. The van der Waals surface area contributed by atoms with E-state index >= 15 is 0 Å². The standard InChI is InChI=1S/C11H12N2OS/c1-7-10(13-11(15)12-7)6-8-2-4-9(14)5-3-8/h2-5,14H,6H2,1H3,(H2,12,13,15). The Labute approximate surface area is 92.8 Å². The first-order chi connectivity index (χ1) is 7.15. The predicted molar refractivity (Wildman–Crippen MR) is 61.6 cm³/mol. The van der Waals surface area contributed by atoms with Crippen LogP contribution in [0.2, 0.25) is 0 Å². The summed E-state index contributed by atoms with van der Waals surface area (Å²) in [5.41, 5.74) is 3.29. The van der Waals surface area contributed by atoms with Gasteiger partial charge in [0.2, 0.25) is 0 Å². The number of H-pyrrole nitrogens is 2. The highest BCUT2D eigenvalue weighted by molar-refractivity contribution is 7.71. The molecule has 15 heavy (non-hydrogen) atoms. The molecule has 0 saturated carbocycles. The van der Waals surface area contributed by atoms with Gasteiger partial charge in [0.25, 0.3) is 0 Å². The highest BCUT2D eigenvalue weighted by atomic mass is 32.1. The minimum Gasteiger partial charge on any atom is -0.508 e. The van der Waals surface area contributed by atoms with Gasteiger partial charge in [-0.2, -0.15) is 0 Å². The lowest BCUT2D eigenvalue weighted by atomic mass is 10.1. The number of aromatic hydroxyl groups is 1. The van der Waals surface area contributed by atoms with Crippen molar-refractivity contribution >= 4 is 12.2 Å². The molecule has 0 radical (unpaired) electrons. The van der Waals surface area contributed by atoms with Gasteiger partial charge in [0.05, 0.1) is 0 Å². The van der Waals surface area contributed by atoms with Gasteiger partial charge in [-0.3, -0.25) is 0 Å². The number of phenols is 1. The van der Waals surface area contributed by atoms with Gasteiger partial charge < -0.3 is 15.1 Å². The van der Waals surface area contributed by atoms with Crippen LogP contribution in [-0.2, 0) is 6.42 Å². The van der Waals surface area contributed by atoms with Crippen LogP contribution in [0.15, 0.2) is 24.3 Å². The molecule has 2 rings (SSSR count). The summed E-state index contributed by atoms with van der Waals surface area (Å²) in [5.74, 6) is 0.289. The average Bonchev–Trinajstić information content (AvgIpc) is 2.49. The SMILES string of the molecule is Cc1[nH]c(=S)[nH]c1Cc1ccc(O)cc1. The zero-order valence-electron chi connectivity index (χ0n) is 8.37. The van der Waals surface area contributed by atoms with Crippen molar-refractivity contribution in [1.29, 1.82) is 0 Å². The van der Waals surface area contributed by atoms with Gasteiger partial charge in [0.1, 0.15) is 5.75 Å². The van der Waals surface area contributed by atoms with Gasteiger partial charge in [-0.25, -0.2) is 0 Å². The second-order valence-electron chi connectivity index (χ2n) is 3.53. The normalized spacial score (nSPS) is 10.5. The van der Waals surface area contributed by atoms with E-state index in [-0.39, 0.29) is 5.75 Å². The molecule has 78 valence electrons. The van der Waals surface area contributed by atoms with Gasteiger partial charge in [0, 0.05) is 17.8 Å². The minimum atomic E-state index is 0.289. The van der Waals surface area contributed by atoms with Gasteiger partial charge in [-0.05, 0) is 36.8 Å². The van der Waals surface area contributed by atoms with Crippen molar-refractivity contribution in [3.63, 3.8) is 0 Å². The third-order valence-electron chi connectivity index (χ3n) is 2.34. The first-order valence-electron chi connectivity index (χ1n) is 4.71. The van der Waals surface area contributed by atoms with E-state index in [1.165, 1.54) is 0 Å². The van der Waals surface area contributed by atoms with Crippen molar-refractivity contribution in [3.05, 3.63) is 46.0 Å². The zero-order chi connectivity index (χ0) is 10.8. The van der Waals surface area contributed by atoms with Crippen molar-refractivity contribution in [2.24, 2.45) is 0 Å². The molecule has 4 heteroatoms. The quantitative estimate of drug-likeness (QED) is 0.681. The van der Waals surface area contributed by atoms with Crippen molar-refractivity contribution in [2.45, 2.75) is 13.3 Å². The maximum absolute atomic E-state index is 9.15. The third-order valence-corrected chi connectivity index (χ3v) is 2.54. The van der Waals surface area contributed by atoms with Crippen LogP contribution in [0.4, 0.5) is 0 Å². The summed E-state index contributed by atoms with van der Waals surface area (Å²) in [5, 5.41) is 9.15. The molecule has 1 heterocycles. The fourth-order valence-corrected chi connectivity index (χ4v) is 1.78. The minimum absolute atomic E-state index is 0.289. The number of aromatic amines is 2. The lowest BCUT2D eigenvalue weighted by molar-refractivity contribution is 0.475. The van der Waals surface area contributed by atoms with Gasteiger partial charge in [-0.15, -0.1) is 0 Å². The first-order valence-corrected chi connectivity index (χ1v) is 5.11. The Morgan fingerprint density at radius 1 is 1.20 bits per heavy atom. The van der Waals surface area contributed by atoms with Crippen LogP contribution in [0.1, 0.15) is 17.0 Å². The number of nitrogens with one attached hydrogen (secondary N) is 2. The Hall–Kier alpha value is -1.55. The van der Waals surface area contributed by atoms with Crippen LogP contribution in [-0.4, -0.2) is 15.1 Å². The van der Waals surface area contributed by atoms with Crippen LogP contribution < -0.4 is 0 Å². The number of hydrogen-bond donors (Lipinski definition) is 3. The van der Waals surface area contributed by atoms with E-state index in [1.54, 1.807) is 12.1 Å². The molecule has 0 fully saturated rings.